The van der Waals surface area contributed by atoms with Crippen LogP contribution in [0.15, 0.2) is 78.0 Å². The molecular weight excluding hydrogens is 366 g/mol. The second-order valence-corrected chi connectivity index (χ2v) is 7.87. The third-order valence-corrected chi connectivity index (χ3v) is 5.73. The molecular formula is C23H21N3OS. The van der Waals surface area contributed by atoms with E-state index in [4.69, 9.17) is 0 Å². The van der Waals surface area contributed by atoms with E-state index in [1.165, 1.54) is 11.8 Å². The number of H-pyrrole nitrogens is 1. The summed E-state index contributed by atoms with van der Waals surface area (Å²) >= 11 is 1.43. The topological polar surface area (TPSA) is 57.8 Å². The number of fused-ring (bicyclic) bond motifs is 1. The number of thioether (sulfide) groups is 1. The fourth-order valence-electron chi connectivity index (χ4n) is 3.07. The number of nitrogens with zero attached hydrogens (tertiary/aromatic N) is 1. The minimum atomic E-state index is -0.415. The number of aromatic amines is 1. The monoisotopic (exact) mass is 387 g/mol. The normalized spacial score (nSPS) is 12.1. The first-order chi connectivity index (χ1) is 13.6. The van der Waals surface area contributed by atoms with Gasteiger partial charge >= 0.3 is 0 Å². The molecule has 4 aromatic rings. The Balaban J connectivity index is 1.65. The standard InChI is InChI=1S/C23H21N3OS/c1-15-12-13-16(2)20(14-15)24-22(27)21(17-8-4-3-5-9-17)28-23-25-18-10-6-7-11-19(18)26-23/h3-14,21H,1-2H3,(H,24,27)(H,25,26)/t21-/m1/s1. The van der Waals surface area contributed by atoms with Crippen molar-refractivity contribution in [2.75, 3.05) is 5.32 Å². The summed E-state index contributed by atoms with van der Waals surface area (Å²) in [4.78, 5) is 21.2. The molecule has 1 heterocycles. The summed E-state index contributed by atoms with van der Waals surface area (Å²) in [6.45, 7) is 4.02. The Kier molecular flexibility index (Phi) is 5.17. The molecule has 140 valence electrons. The molecule has 5 heteroatoms. The first kappa shape index (κ1) is 18.3. The van der Waals surface area contributed by atoms with Crippen LogP contribution in [0.5, 0.6) is 0 Å². The van der Waals surface area contributed by atoms with E-state index in [1.54, 1.807) is 0 Å². The molecule has 4 nitrogen and oxygen atoms in total. The number of hydrogen-bond acceptors (Lipinski definition) is 3. The van der Waals surface area contributed by atoms with Crippen molar-refractivity contribution in [1.82, 2.24) is 9.97 Å². The van der Waals surface area contributed by atoms with Gasteiger partial charge in [-0.25, -0.2) is 4.98 Å². The van der Waals surface area contributed by atoms with Gasteiger partial charge in [-0.2, -0.15) is 0 Å². The molecule has 3 aromatic carbocycles. The lowest BCUT2D eigenvalue weighted by atomic mass is 10.1. The molecule has 0 fully saturated rings. The SMILES string of the molecule is Cc1ccc(C)c(NC(=O)[C@H](Sc2nc3ccccc3[nH]2)c2ccccc2)c1. The second-order valence-electron chi connectivity index (χ2n) is 6.78. The maximum absolute atomic E-state index is 13.2. The van der Waals surface area contributed by atoms with Crippen molar-refractivity contribution in [2.45, 2.75) is 24.3 Å². The van der Waals surface area contributed by atoms with Gasteiger partial charge in [0.2, 0.25) is 5.91 Å². The maximum Gasteiger partial charge on any atom is 0.242 e. The maximum atomic E-state index is 13.2. The molecule has 0 aliphatic rings. The van der Waals surface area contributed by atoms with Crippen molar-refractivity contribution in [2.24, 2.45) is 0 Å². The number of anilines is 1. The van der Waals surface area contributed by atoms with Crippen LogP contribution in [0.1, 0.15) is 21.9 Å². The van der Waals surface area contributed by atoms with E-state index in [0.717, 1.165) is 38.6 Å². The molecule has 28 heavy (non-hydrogen) atoms. The van der Waals surface area contributed by atoms with E-state index in [9.17, 15) is 4.79 Å². The summed E-state index contributed by atoms with van der Waals surface area (Å²) in [5, 5.41) is 3.42. The molecule has 0 spiro atoms. The van der Waals surface area contributed by atoms with E-state index >= 15 is 0 Å². The Hall–Kier alpha value is -3.05. The quantitative estimate of drug-likeness (QED) is 0.435. The van der Waals surface area contributed by atoms with Crippen molar-refractivity contribution < 1.29 is 4.79 Å². The fourth-order valence-corrected chi connectivity index (χ4v) is 4.07. The molecule has 0 aliphatic heterocycles. The largest absolute Gasteiger partial charge is 0.333 e. The van der Waals surface area contributed by atoms with Crippen molar-refractivity contribution in [3.8, 4) is 0 Å². The Morgan fingerprint density at radius 3 is 2.54 bits per heavy atom. The van der Waals surface area contributed by atoms with Crippen LogP contribution in [-0.2, 0) is 4.79 Å². The summed E-state index contributed by atoms with van der Waals surface area (Å²) in [5.41, 5.74) is 5.80. The number of carbonyl (C=O) groups excluding carboxylic acids is 1. The number of amides is 1. The fraction of sp³-hybridized carbons (Fsp3) is 0.130. The van der Waals surface area contributed by atoms with Gasteiger partial charge in [0.05, 0.1) is 11.0 Å². The number of para-hydroxylation sites is 2. The number of aryl methyl sites for hydroxylation is 2. The minimum absolute atomic E-state index is 0.0645. The molecule has 0 unspecified atom stereocenters. The number of benzene rings is 3. The second kappa shape index (κ2) is 7.90. The Morgan fingerprint density at radius 2 is 1.75 bits per heavy atom. The van der Waals surface area contributed by atoms with Gasteiger partial charge in [-0.3, -0.25) is 4.79 Å². The summed E-state index contributed by atoms with van der Waals surface area (Å²) in [7, 11) is 0. The average Bonchev–Trinajstić information content (AvgIpc) is 3.12. The zero-order valence-corrected chi connectivity index (χ0v) is 16.6. The van der Waals surface area contributed by atoms with Crippen molar-refractivity contribution in [3.05, 3.63) is 89.5 Å². The highest BCUT2D eigenvalue weighted by Gasteiger charge is 2.24. The molecule has 0 radical (unpaired) electrons. The van der Waals surface area contributed by atoms with Crippen LogP contribution in [0.2, 0.25) is 0 Å². The first-order valence-corrected chi connectivity index (χ1v) is 10.0. The molecule has 1 amide bonds. The number of nitrogens with one attached hydrogen (secondary N) is 2. The first-order valence-electron chi connectivity index (χ1n) is 9.14. The van der Waals surface area contributed by atoms with Gasteiger partial charge in [-0.15, -0.1) is 0 Å². The molecule has 1 aromatic heterocycles. The van der Waals surface area contributed by atoms with Crippen LogP contribution in [0, 0.1) is 13.8 Å². The summed E-state index contributed by atoms with van der Waals surface area (Å²) in [5.74, 6) is -0.0645. The van der Waals surface area contributed by atoms with Gasteiger partial charge in [0.25, 0.3) is 0 Å². The number of imidazole rings is 1. The van der Waals surface area contributed by atoms with Gasteiger partial charge < -0.3 is 10.3 Å². The molecule has 0 saturated carbocycles. The molecule has 2 N–H and O–H groups in total. The summed E-state index contributed by atoms with van der Waals surface area (Å²) in [6, 6.07) is 23.7. The summed E-state index contributed by atoms with van der Waals surface area (Å²) in [6.07, 6.45) is 0. The van der Waals surface area contributed by atoms with Gasteiger partial charge in [0, 0.05) is 5.69 Å². The highest BCUT2D eigenvalue weighted by Crippen LogP contribution is 2.36. The van der Waals surface area contributed by atoms with Crippen LogP contribution < -0.4 is 5.32 Å². The van der Waals surface area contributed by atoms with Crippen LogP contribution in [0.4, 0.5) is 5.69 Å². The molecule has 0 bridgehead atoms. The lowest BCUT2D eigenvalue weighted by Crippen LogP contribution is -2.19. The predicted molar refractivity (Wildman–Crippen MR) is 116 cm³/mol. The van der Waals surface area contributed by atoms with Crippen LogP contribution >= 0.6 is 11.8 Å². The lowest BCUT2D eigenvalue weighted by molar-refractivity contribution is -0.115. The van der Waals surface area contributed by atoms with Crippen molar-refractivity contribution in [3.63, 3.8) is 0 Å². The number of rotatable bonds is 5. The molecule has 0 saturated heterocycles. The lowest BCUT2D eigenvalue weighted by Gasteiger charge is -2.17. The van der Waals surface area contributed by atoms with Gasteiger partial charge in [0.1, 0.15) is 5.25 Å². The van der Waals surface area contributed by atoms with Crippen LogP contribution in [0.25, 0.3) is 11.0 Å². The molecule has 0 aliphatic carbocycles. The van der Waals surface area contributed by atoms with E-state index in [2.05, 4.69) is 15.3 Å². The average molecular weight is 388 g/mol. The smallest absolute Gasteiger partial charge is 0.242 e. The van der Waals surface area contributed by atoms with Crippen molar-refractivity contribution in [1.29, 1.82) is 0 Å². The zero-order valence-electron chi connectivity index (χ0n) is 15.8. The van der Waals surface area contributed by atoms with Crippen LogP contribution in [0.3, 0.4) is 0 Å². The third kappa shape index (κ3) is 3.94. The van der Waals surface area contributed by atoms with E-state index in [-0.39, 0.29) is 5.91 Å². The van der Waals surface area contributed by atoms with Crippen molar-refractivity contribution >= 4 is 34.4 Å². The molecule has 1 atom stereocenters. The van der Waals surface area contributed by atoms with E-state index in [0.29, 0.717) is 0 Å². The minimum Gasteiger partial charge on any atom is -0.333 e. The molecule has 4 rings (SSSR count). The Bertz CT molecular complexity index is 1090. The number of carbonyl (C=O) groups is 1. The van der Waals surface area contributed by atoms with E-state index < -0.39 is 5.25 Å². The number of aromatic nitrogens is 2. The van der Waals surface area contributed by atoms with E-state index in [1.807, 2.05) is 86.6 Å². The Morgan fingerprint density at radius 1 is 1.00 bits per heavy atom. The summed E-state index contributed by atoms with van der Waals surface area (Å²) < 4.78 is 0. The van der Waals surface area contributed by atoms with Gasteiger partial charge in [-0.1, -0.05) is 66.4 Å². The highest BCUT2D eigenvalue weighted by molar-refractivity contribution is 8.00. The predicted octanol–water partition coefficient (Wildman–Crippen LogP) is 5.65. The highest BCUT2D eigenvalue weighted by atomic mass is 32.2. The third-order valence-electron chi connectivity index (χ3n) is 4.59. The zero-order chi connectivity index (χ0) is 19.5. The van der Waals surface area contributed by atoms with Gasteiger partial charge in [-0.05, 0) is 48.7 Å². The Labute approximate surface area is 168 Å². The number of hydrogen-bond donors (Lipinski definition) is 2. The van der Waals surface area contributed by atoms with Gasteiger partial charge in [0.15, 0.2) is 5.16 Å². The van der Waals surface area contributed by atoms with Crippen LogP contribution in [-0.4, -0.2) is 15.9 Å².